The van der Waals surface area contributed by atoms with Gasteiger partial charge in [-0.1, -0.05) is 28.1 Å². The van der Waals surface area contributed by atoms with Crippen molar-refractivity contribution in [3.63, 3.8) is 0 Å². The summed E-state index contributed by atoms with van der Waals surface area (Å²) in [6, 6.07) is 10.6. The van der Waals surface area contributed by atoms with E-state index in [1.165, 1.54) is 11.3 Å². The fraction of sp³-hybridized carbons (Fsp3) is 0.400. The third kappa shape index (κ3) is 3.91. The lowest BCUT2D eigenvalue weighted by Crippen LogP contribution is -2.26. The fourth-order valence-electron chi connectivity index (χ4n) is 2.34. The molecule has 0 saturated carbocycles. The second-order valence-corrected chi connectivity index (χ2v) is 5.81. The molecule has 102 valence electrons. The molecule has 2 N–H and O–H groups in total. The zero-order valence-corrected chi connectivity index (χ0v) is 13.0. The van der Waals surface area contributed by atoms with Crippen molar-refractivity contribution in [1.29, 1.82) is 0 Å². The van der Waals surface area contributed by atoms with Gasteiger partial charge in [-0.2, -0.15) is 5.10 Å². The maximum absolute atomic E-state index is 6.26. The quantitative estimate of drug-likeness (QED) is 0.919. The van der Waals surface area contributed by atoms with Gasteiger partial charge in [-0.3, -0.25) is 4.68 Å². The highest BCUT2D eigenvalue weighted by Gasteiger charge is 2.10. The summed E-state index contributed by atoms with van der Waals surface area (Å²) in [5, 5.41) is 4.46. The number of hydrogen-bond donors (Lipinski definition) is 1. The zero-order chi connectivity index (χ0) is 13.8. The average Bonchev–Trinajstić information content (AvgIpc) is 2.69. The molecule has 19 heavy (non-hydrogen) atoms. The largest absolute Gasteiger partial charge is 0.327 e. The summed E-state index contributed by atoms with van der Waals surface area (Å²) >= 11 is 3.49. The molecular formula is C15H20BrN3. The van der Waals surface area contributed by atoms with Gasteiger partial charge in [0.1, 0.15) is 0 Å². The van der Waals surface area contributed by atoms with Crippen LogP contribution in [0.2, 0.25) is 0 Å². The molecule has 3 nitrogen and oxygen atoms in total. The van der Waals surface area contributed by atoms with Crippen molar-refractivity contribution in [1.82, 2.24) is 9.78 Å². The van der Waals surface area contributed by atoms with Gasteiger partial charge in [0.2, 0.25) is 0 Å². The Hall–Kier alpha value is -1.13. The lowest BCUT2D eigenvalue weighted by atomic mass is 10.0. The standard InChI is InChI=1S/C15H20BrN3/c1-3-19-15(7-11(2)18-19)10-14(17)9-12-5-4-6-13(16)8-12/h4-8,14H,3,9-10,17H2,1-2H3. The van der Waals surface area contributed by atoms with Gasteiger partial charge in [-0.05, 0) is 44.0 Å². The summed E-state index contributed by atoms with van der Waals surface area (Å²) in [6.07, 6.45) is 1.74. The molecular weight excluding hydrogens is 302 g/mol. The van der Waals surface area contributed by atoms with Crippen LogP contribution in [0.3, 0.4) is 0 Å². The summed E-state index contributed by atoms with van der Waals surface area (Å²) in [5.41, 5.74) is 9.82. The molecule has 0 aliphatic carbocycles. The third-order valence-corrected chi connectivity index (χ3v) is 3.64. The van der Waals surface area contributed by atoms with Crippen LogP contribution in [0.25, 0.3) is 0 Å². The van der Waals surface area contributed by atoms with Crippen LogP contribution in [-0.2, 0) is 19.4 Å². The molecule has 1 aromatic carbocycles. The van der Waals surface area contributed by atoms with E-state index in [0.29, 0.717) is 0 Å². The first kappa shape index (κ1) is 14.3. The molecule has 1 aromatic heterocycles. The summed E-state index contributed by atoms with van der Waals surface area (Å²) in [6.45, 7) is 5.03. The van der Waals surface area contributed by atoms with Crippen molar-refractivity contribution in [2.45, 2.75) is 39.3 Å². The number of nitrogens with zero attached hydrogens (tertiary/aromatic N) is 2. The molecule has 1 atom stereocenters. The highest BCUT2D eigenvalue weighted by Crippen LogP contribution is 2.14. The number of aromatic nitrogens is 2. The topological polar surface area (TPSA) is 43.8 Å². The second kappa shape index (κ2) is 6.35. The molecule has 2 aromatic rings. The number of nitrogens with two attached hydrogens (primary N) is 1. The van der Waals surface area contributed by atoms with E-state index in [0.717, 1.165) is 29.6 Å². The van der Waals surface area contributed by atoms with Crippen LogP contribution in [0.15, 0.2) is 34.8 Å². The molecule has 0 aliphatic heterocycles. The van der Waals surface area contributed by atoms with Gasteiger partial charge in [0, 0.05) is 29.2 Å². The van der Waals surface area contributed by atoms with Crippen LogP contribution < -0.4 is 5.73 Å². The Bertz CT molecular complexity index is 548. The zero-order valence-electron chi connectivity index (χ0n) is 11.4. The van der Waals surface area contributed by atoms with Crippen LogP contribution in [0.4, 0.5) is 0 Å². The van der Waals surface area contributed by atoms with Crippen molar-refractivity contribution in [3.05, 3.63) is 51.8 Å². The Morgan fingerprint density at radius 1 is 1.32 bits per heavy atom. The van der Waals surface area contributed by atoms with E-state index >= 15 is 0 Å². The van der Waals surface area contributed by atoms with E-state index < -0.39 is 0 Å². The monoisotopic (exact) mass is 321 g/mol. The van der Waals surface area contributed by atoms with Crippen LogP contribution in [0.1, 0.15) is 23.9 Å². The molecule has 1 heterocycles. The normalized spacial score (nSPS) is 12.6. The molecule has 0 aliphatic rings. The van der Waals surface area contributed by atoms with E-state index in [4.69, 9.17) is 5.73 Å². The summed E-state index contributed by atoms with van der Waals surface area (Å²) in [5.74, 6) is 0. The minimum absolute atomic E-state index is 0.121. The lowest BCUT2D eigenvalue weighted by Gasteiger charge is -2.13. The Balaban J connectivity index is 2.02. The highest BCUT2D eigenvalue weighted by atomic mass is 79.9. The van der Waals surface area contributed by atoms with E-state index in [9.17, 15) is 0 Å². The van der Waals surface area contributed by atoms with E-state index in [2.05, 4.69) is 46.2 Å². The minimum atomic E-state index is 0.121. The molecule has 0 radical (unpaired) electrons. The highest BCUT2D eigenvalue weighted by molar-refractivity contribution is 9.10. The number of benzene rings is 1. The number of rotatable bonds is 5. The van der Waals surface area contributed by atoms with Gasteiger partial charge in [-0.15, -0.1) is 0 Å². The first-order chi connectivity index (χ1) is 9.08. The van der Waals surface area contributed by atoms with Gasteiger partial charge in [0.15, 0.2) is 0 Å². The Labute approximate surface area is 122 Å². The molecule has 0 fully saturated rings. The van der Waals surface area contributed by atoms with Crippen LogP contribution >= 0.6 is 15.9 Å². The maximum atomic E-state index is 6.26. The van der Waals surface area contributed by atoms with Crippen molar-refractivity contribution in [3.8, 4) is 0 Å². The Kier molecular flexibility index (Phi) is 4.77. The average molecular weight is 322 g/mol. The van der Waals surface area contributed by atoms with Crippen LogP contribution in [0, 0.1) is 6.92 Å². The first-order valence-electron chi connectivity index (χ1n) is 6.62. The van der Waals surface area contributed by atoms with Crippen LogP contribution in [0.5, 0.6) is 0 Å². The first-order valence-corrected chi connectivity index (χ1v) is 7.41. The summed E-state index contributed by atoms with van der Waals surface area (Å²) in [7, 11) is 0. The SMILES string of the molecule is CCn1nc(C)cc1CC(N)Cc1cccc(Br)c1. The van der Waals surface area contributed by atoms with Gasteiger partial charge < -0.3 is 5.73 Å². The number of hydrogen-bond acceptors (Lipinski definition) is 2. The number of aryl methyl sites for hydroxylation is 2. The van der Waals surface area contributed by atoms with Gasteiger partial charge in [0.25, 0.3) is 0 Å². The smallest absolute Gasteiger partial charge is 0.0596 e. The molecule has 0 saturated heterocycles. The summed E-state index contributed by atoms with van der Waals surface area (Å²) in [4.78, 5) is 0. The summed E-state index contributed by atoms with van der Waals surface area (Å²) < 4.78 is 3.14. The predicted octanol–water partition coefficient (Wildman–Crippen LogP) is 3.09. The molecule has 0 amide bonds. The van der Waals surface area contributed by atoms with Crippen molar-refractivity contribution >= 4 is 15.9 Å². The minimum Gasteiger partial charge on any atom is -0.327 e. The maximum Gasteiger partial charge on any atom is 0.0596 e. The Morgan fingerprint density at radius 2 is 2.11 bits per heavy atom. The van der Waals surface area contributed by atoms with E-state index in [1.54, 1.807) is 0 Å². The van der Waals surface area contributed by atoms with Crippen molar-refractivity contribution in [2.75, 3.05) is 0 Å². The lowest BCUT2D eigenvalue weighted by molar-refractivity contribution is 0.574. The second-order valence-electron chi connectivity index (χ2n) is 4.89. The molecule has 0 bridgehead atoms. The van der Waals surface area contributed by atoms with Crippen molar-refractivity contribution < 1.29 is 0 Å². The molecule has 1 unspecified atom stereocenters. The number of halogens is 1. The van der Waals surface area contributed by atoms with Gasteiger partial charge >= 0.3 is 0 Å². The van der Waals surface area contributed by atoms with Gasteiger partial charge in [-0.25, -0.2) is 0 Å². The Morgan fingerprint density at radius 3 is 2.79 bits per heavy atom. The molecule has 2 rings (SSSR count). The van der Waals surface area contributed by atoms with Gasteiger partial charge in [0.05, 0.1) is 5.69 Å². The molecule has 4 heteroatoms. The fourth-order valence-corrected chi connectivity index (χ4v) is 2.79. The third-order valence-electron chi connectivity index (χ3n) is 3.14. The molecule has 0 spiro atoms. The predicted molar refractivity (Wildman–Crippen MR) is 82.2 cm³/mol. The van der Waals surface area contributed by atoms with E-state index in [-0.39, 0.29) is 6.04 Å². The van der Waals surface area contributed by atoms with E-state index in [1.807, 2.05) is 23.7 Å². The van der Waals surface area contributed by atoms with Crippen LogP contribution in [-0.4, -0.2) is 15.8 Å². The van der Waals surface area contributed by atoms with Crippen molar-refractivity contribution in [2.24, 2.45) is 5.73 Å².